The Hall–Kier alpha value is -3.67. The summed E-state index contributed by atoms with van der Waals surface area (Å²) in [5.41, 5.74) is 0. The van der Waals surface area contributed by atoms with Crippen molar-refractivity contribution >= 4 is 17.9 Å². The highest BCUT2D eigenvalue weighted by Gasteiger charge is 2.19. The topological polar surface area (TPSA) is 78.9 Å². The minimum absolute atomic E-state index is 0.0955. The zero-order chi connectivity index (χ0) is 47.2. The Morgan fingerprint density at radius 1 is 0.338 bits per heavy atom. The van der Waals surface area contributed by atoms with Crippen LogP contribution in [0.15, 0.2) is 97.2 Å². The third kappa shape index (κ3) is 51.2. The molecule has 0 saturated carbocycles. The molecule has 65 heavy (non-hydrogen) atoms. The van der Waals surface area contributed by atoms with Gasteiger partial charge in [0.1, 0.15) is 13.2 Å². The molecule has 0 aliphatic carbocycles. The van der Waals surface area contributed by atoms with Crippen molar-refractivity contribution in [3.05, 3.63) is 97.2 Å². The van der Waals surface area contributed by atoms with Gasteiger partial charge in [-0.25, -0.2) is 0 Å². The zero-order valence-electron chi connectivity index (χ0n) is 42.2. The molecule has 0 aromatic carbocycles. The van der Waals surface area contributed by atoms with Crippen molar-refractivity contribution in [2.75, 3.05) is 13.2 Å². The number of hydrogen-bond donors (Lipinski definition) is 0. The largest absolute Gasteiger partial charge is 0.462 e. The fraction of sp³-hybridized carbons (Fsp3) is 0.678. The predicted molar refractivity (Wildman–Crippen MR) is 279 cm³/mol. The van der Waals surface area contributed by atoms with Crippen molar-refractivity contribution in [1.29, 1.82) is 0 Å². The Labute approximate surface area is 400 Å². The van der Waals surface area contributed by atoms with Gasteiger partial charge in [-0.2, -0.15) is 0 Å². The van der Waals surface area contributed by atoms with Crippen LogP contribution in [0.25, 0.3) is 0 Å². The highest BCUT2D eigenvalue weighted by molar-refractivity contribution is 5.71. The van der Waals surface area contributed by atoms with Crippen LogP contribution in [0.5, 0.6) is 0 Å². The molecule has 6 heteroatoms. The van der Waals surface area contributed by atoms with Crippen LogP contribution in [-0.4, -0.2) is 37.2 Å². The van der Waals surface area contributed by atoms with E-state index in [0.717, 1.165) is 83.5 Å². The molecule has 0 spiro atoms. The van der Waals surface area contributed by atoms with E-state index in [1.807, 2.05) is 48.6 Å². The standard InChI is InChI=1S/C59H98O6/c1-4-7-10-13-16-19-22-25-27-28-29-30-32-34-37-40-43-46-49-52-58(61)64-55-56(54-63-57(60)51-48-45-42-39-36-33-24-21-18-15-12-9-6-3)65-59(62)53-50-47-44-41-38-35-31-26-23-20-17-14-11-8-5-2/h7-8,10-11,14,16-17,19-20,23,25-27,31,35,38,56H,4-6,9,12-13,15,18,21-22,24,28-30,32-34,36-37,39-55H2,1-3H3/b10-7-,11-8-,17-14-,19-16-,23-20-,27-25-,31-26-,38-35-. The molecule has 6 nitrogen and oxygen atoms in total. The first-order chi connectivity index (χ1) is 32.0. The van der Waals surface area contributed by atoms with Crippen molar-refractivity contribution in [2.24, 2.45) is 0 Å². The summed E-state index contributed by atoms with van der Waals surface area (Å²) in [4.78, 5) is 38.0. The summed E-state index contributed by atoms with van der Waals surface area (Å²) in [7, 11) is 0. The van der Waals surface area contributed by atoms with Crippen molar-refractivity contribution in [3.8, 4) is 0 Å². The van der Waals surface area contributed by atoms with Crippen LogP contribution in [0.3, 0.4) is 0 Å². The average Bonchev–Trinajstić information content (AvgIpc) is 3.30. The van der Waals surface area contributed by atoms with Crippen LogP contribution in [0.4, 0.5) is 0 Å². The summed E-state index contributed by atoms with van der Waals surface area (Å²) in [5.74, 6) is -0.942. The van der Waals surface area contributed by atoms with Gasteiger partial charge < -0.3 is 14.2 Å². The molecule has 0 heterocycles. The number of hydrogen-bond acceptors (Lipinski definition) is 6. The number of rotatable bonds is 47. The lowest BCUT2D eigenvalue weighted by Gasteiger charge is -2.18. The number of allylic oxidation sites excluding steroid dienone is 16. The minimum Gasteiger partial charge on any atom is -0.462 e. The SMILES string of the molecule is CC\C=C/C=C\C=C/C=C\C=C/CCCCCC(=O)OC(COC(=O)CCCCCCCCCCC/C=C\C/C=C\C/C=C\CC)COC(=O)CCCCCCCCCCCCCCC. The van der Waals surface area contributed by atoms with Crippen molar-refractivity contribution in [3.63, 3.8) is 0 Å². The van der Waals surface area contributed by atoms with Gasteiger partial charge in [0.05, 0.1) is 0 Å². The number of ether oxygens (including phenoxy) is 3. The molecule has 0 aliphatic rings. The second-order valence-corrected chi connectivity index (χ2v) is 17.5. The van der Waals surface area contributed by atoms with E-state index in [9.17, 15) is 14.4 Å². The predicted octanol–water partition coefficient (Wildman–Crippen LogP) is 17.8. The third-order valence-corrected chi connectivity index (χ3v) is 11.2. The van der Waals surface area contributed by atoms with E-state index >= 15 is 0 Å². The minimum atomic E-state index is -0.801. The molecule has 370 valence electrons. The summed E-state index contributed by atoms with van der Waals surface area (Å²) in [6.07, 6.45) is 69.6. The number of esters is 3. The molecule has 0 rings (SSSR count). The second kappa shape index (κ2) is 52.9. The highest BCUT2D eigenvalue weighted by Crippen LogP contribution is 2.15. The summed E-state index contributed by atoms with van der Waals surface area (Å²) in [6, 6.07) is 0. The molecular formula is C59H98O6. The van der Waals surface area contributed by atoms with Gasteiger partial charge in [0.25, 0.3) is 0 Å². The van der Waals surface area contributed by atoms with E-state index in [0.29, 0.717) is 19.3 Å². The lowest BCUT2D eigenvalue weighted by atomic mass is 10.0. The van der Waals surface area contributed by atoms with E-state index in [4.69, 9.17) is 14.2 Å². The van der Waals surface area contributed by atoms with Gasteiger partial charge in [-0.15, -0.1) is 0 Å². The number of carbonyl (C=O) groups excluding carboxylic acids is 3. The quantitative estimate of drug-likeness (QED) is 0.0199. The first kappa shape index (κ1) is 61.3. The molecule has 0 aromatic rings. The fourth-order valence-electron chi connectivity index (χ4n) is 7.24. The fourth-order valence-corrected chi connectivity index (χ4v) is 7.24. The van der Waals surface area contributed by atoms with Crippen LogP contribution in [0.1, 0.15) is 239 Å². The van der Waals surface area contributed by atoms with Gasteiger partial charge in [0.2, 0.25) is 0 Å². The van der Waals surface area contributed by atoms with Crippen LogP contribution in [0.2, 0.25) is 0 Å². The Bertz CT molecular complexity index is 1310. The second-order valence-electron chi connectivity index (χ2n) is 17.5. The smallest absolute Gasteiger partial charge is 0.306 e. The van der Waals surface area contributed by atoms with Crippen molar-refractivity contribution in [1.82, 2.24) is 0 Å². The molecule has 0 bridgehead atoms. The molecule has 1 atom stereocenters. The molecule has 0 N–H and O–H groups in total. The van der Waals surface area contributed by atoms with E-state index in [2.05, 4.69) is 69.4 Å². The van der Waals surface area contributed by atoms with E-state index < -0.39 is 6.10 Å². The molecule has 0 aliphatic heterocycles. The summed E-state index contributed by atoms with van der Waals surface area (Å²) >= 11 is 0. The van der Waals surface area contributed by atoms with Gasteiger partial charge >= 0.3 is 17.9 Å². The molecule has 0 saturated heterocycles. The Morgan fingerprint density at radius 2 is 0.677 bits per heavy atom. The highest BCUT2D eigenvalue weighted by atomic mass is 16.6. The number of carbonyl (C=O) groups is 3. The monoisotopic (exact) mass is 903 g/mol. The summed E-state index contributed by atoms with van der Waals surface area (Å²) in [6.45, 7) is 6.35. The maximum atomic E-state index is 12.8. The molecule has 0 fully saturated rings. The molecule has 1 unspecified atom stereocenters. The Balaban J connectivity index is 4.44. The van der Waals surface area contributed by atoms with Gasteiger partial charge in [0.15, 0.2) is 6.10 Å². The van der Waals surface area contributed by atoms with Crippen LogP contribution in [0, 0.1) is 0 Å². The lowest BCUT2D eigenvalue weighted by molar-refractivity contribution is -0.167. The molecule has 0 aromatic heterocycles. The van der Waals surface area contributed by atoms with Gasteiger partial charge in [-0.3, -0.25) is 14.4 Å². The van der Waals surface area contributed by atoms with E-state index in [1.54, 1.807) is 0 Å². The lowest BCUT2D eigenvalue weighted by Crippen LogP contribution is -2.30. The first-order valence-corrected chi connectivity index (χ1v) is 26.8. The van der Waals surface area contributed by atoms with Crippen LogP contribution >= 0.6 is 0 Å². The number of unbranched alkanes of at least 4 members (excludes halogenated alkanes) is 24. The summed E-state index contributed by atoms with van der Waals surface area (Å²) < 4.78 is 16.8. The van der Waals surface area contributed by atoms with Crippen LogP contribution < -0.4 is 0 Å². The van der Waals surface area contributed by atoms with Crippen molar-refractivity contribution in [2.45, 2.75) is 245 Å². The van der Waals surface area contributed by atoms with Crippen LogP contribution in [-0.2, 0) is 28.6 Å². The van der Waals surface area contributed by atoms with E-state index in [-0.39, 0.29) is 37.5 Å². The van der Waals surface area contributed by atoms with Gasteiger partial charge in [0, 0.05) is 19.3 Å². The molecule has 0 amide bonds. The molecular weight excluding hydrogens is 805 g/mol. The Kier molecular flexibility index (Phi) is 50.0. The van der Waals surface area contributed by atoms with Crippen molar-refractivity contribution < 1.29 is 28.6 Å². The first-order valence-electron chi connectivity index (χ1n) is 26.8. The zero-order valence-corrected chi connectivity index (χ0v) is 42.2. The van der Waals surface area contributed by atoms with Gasteiger partial charge in [-0.05, 0) is 70.6 Å². The molecule has 0 radical (unpaired) electrons. The van der Waals surface area contributed by atoms with E-state index in [1.165, 1.54) is 109 Å². The van der Waals surface area contributed by atoms with Gasteiger partial charge in [-0.1, -0.05) is 246 Å². The maximum absolute atomic E-state index is 12.8. The Morgan fingerprint density at radius 3 is 1.14 bits per heavy atom. The summed E-state index contributed by atoms with van der Waals surface area (Å²) in [5, 5.41) is 0. The normalized spacial score (nSPS) is 12.8. The maximum Gasteiger partial charge on any atom is 0.306 e. The average molecular weight is 903 g/mol. The third-order valence-electron chi connectivity index (χ3n) is 11.2.